The Bertz CT molecular complexity index is 951. The van der Waals surface area contributed by atoms with Gasteiger partial charge in [-0.2, -0.15) is 13.2 Å². The van der Waals surface area contributed by atoms with E-state index in [2.05, 4.69) is 0 Å². The van der Waals surface area contributed by atoms with Gasteiger partial charge in [-0.3, -0.25) is 0 Å². The maximum absolute atomic E-state index is 13.2. The first kappa shape index (κ1) is 19.1. The van der Waals surface area contributed by atoms with Crippen molar-refractivity contribution in [2.75, 3.05) is 0 Å². The van der Waals surface area contributed by atoms with E-state index >= 15 is 0 Å². The molecule has 27 heavy (non-hydrogen) atoms. The Kier molecular flexibility index (Phi) is 4.82. The first-order valence-corrected chi connectivity index (χ1v) is 8.19. The highest BCUT2D eigenvalue weighted by Crippen LogP contribution is 2.42. The summed E-state index contributed by atoms with van der Waals surface area (Å²) < 4.78 is 50.1. The molecule has 2 aromatic rings. The van der Waals surface area contributed by atoms with Crippen LogP contribution in [0, 0.1) is 13.8 Å². The van der Waals surface area contributed by atoms with Gasteiger partial charge in [0.1, 0.15) is 17.2 Å². The Labute approximate surface area is 157 Å². The summed E-state index contributed by atoms with van der Waals surface area (Å²) in [5.41, 5.74) is 0.810. The molecule has 0 aromatic heterocycles. The SMILES string of the molecule is Cc1ccc(C)c(Oc2cc3c(cc2Cl)C=C(C(=O)[O-])C(C(F)(F)F)O3)c1. The van der Waals surface area contributed by atoms with Crippen LogP contribution in [-0.4, -0.2) is 18.2 Å². The molecule has 0 saturated carbocycles. The van der Waals surface area contributed by atoms with Gasteiger partial charge in [0.05, 0.1) is 11.0 Å². The number of ether oxygens (including phenoxy) is 2. The molecule has 0 aliphatic carbocycles. The number of rotatable bonds is 3. The Morgan fingerprint density at radius 1 is 1.19 bits per heavy atom. The van der Waals surface area contributed by atoms with E-state index in [0.717, 1.165) is 17.2 Å². The largest absolute Gasteiger partial charge is 0.545 e. The average Bonchev–Trinajstić information content (AvgIpc) is 2.56. The summed E-state index contributed by atoms with van der Waals surface area (Å²) in [4.78, 5) is 11.1. The molecular weight excluding hydrogens is 385 g/mol. The van der Waals surface area contributed by atoms with Gasteiger partial charge in [0.15, 0.2) is 0 Å². The summed E-state index contributed by atoms with van der Waals surface area (Å²) >= 11 is 6.16. The van der Waals surface area contributed by atoms with Crippen molar-refractivity contribution in [2.45, 2.75) is 26.1 Å². The molecule has 2 aromatic carbocycles. The second-order valence-electron chi connectivity index (χ2n) is 6.12. The van der Waals surface area contributed by atoms with Crippen molar-refractivity contribution in [1.29, 1.82) is 0 Å². The van der Waals surface area contributed by atoms with E-state index in [4.69, 9.17) is 21.1 Å². The van der Waals surface area contributed by atoms with E-state index in [-0.39, 0.29) is 22.1 Å². The fourth-order valence-electron chi connectivity index (χ4n) is 2.62. The van der Waals surface area contributed by atoms with Crippen molar-refractivity contribution in [3.05, 3.63) is 57.6 Å². The number of carbonyl (C=O) groups excluding carboxylic acids is 1. The second-order valence-corrected chi connectivity index (χ2v) is 6.53. The van der Waals surface area contributed by atoms with Crippen LogP contribution >= 0.6 is 11.6 Å². The maximum atomic E-state index is 13.2. The lowest BCUT2D eigenvalue weighted by Gasteiger charge is -2.29. The molecule has 1 aliphatic heterocycles. The van der Waals surface area contributed by atoms with Crippen LogP contribution in [-0.2, 0) is 4.79 Å². The molecule has 0 fully saturated rings. The van der Waals surface area contributed by atoms with Gasteiger partial charge in [-0.25, -0.2) is 0 Å². The molecule has 0 bridgehead atoms. The number of hydrogen-bond donors (Lipinski definition) is 0. The van der Waals surface area contributed by atoms with E-state index in [1.54, 1.807) is 6.07 Å². The molecule has 0 spiro atoms. The molecule has 1 atom stereocenters. The number of halogens is 4. The second kappa shape index (κ2) is 6.81. The number of carboxylic acids is 1. The highest BCUT2D eigenvalue weighted by molar-refractivity contribution is 6.32. The van der Waals surface area contributed by atoms with Gasteiger partial charge >= 0.3 is 6.18 Å². The average molecular weight is 398 g/mol. The number of hydrogen-bond acceptors (Lipinski definition) is 4. The molecule has 142 valence electrons. The minimum atomic E-state index is -4.92. The van der Waals surface area contributed by atoms with Crippen molar-refractivity contribution < 1.29 is 32.5 Å². The molecule has 0 amide bonds. The molecule has 0 saturated heterocycles. The molecule has 1 aliphatic rings. The highest BCUT2D eigenvalue weighted by Gasteiger charge is 2.46. The first-order chi connectivity index (χ1) is 12.6. The number of alkyl halides is 3. The number of aliphatic carboxylic acids is 1. The zero-order valence-electron chi connectivity index (χ0n) is 14.2. The van der Waals surface area contributed by atoms with Gasteiger partial charge in [-0.15, -0.1) is 0 Å². The minimum absolute atomic E-state index is 0.0908. The van der Waals surface area contributed by atoms with Crippen LogP contribution in [0.5, 0.6) is 17.2 Å². The summed E-state index contributed by atoms with van der Waals surface area (Å²) in [6, 6.07) is 7.98. The molecular formula is C19H13ClF3O4-. The first-order valence-electron chi connectivity index (χ1n) is 7.81. The Morgan fingerprint density at radius 3 is 2.52 bits per heavy atom. The molecule has 0 N–H and O–H groups in total. The predicted octanol–water partition coefficient (Wildman–Crippen LogP) is 4.21. The lowest BCUT2D eigenvalue weighted by molar-refractivity contribution is -0.302. The third kappa shape index (κ3) is 3.88. The topological polar surface area (TPSA) is 58.6 Å². The minimum Gasteiger partial charge on any atom is -0.545 e. The van der Waals surface area contributed by atoms with Crippen LogP contribution in [0.3, 0.4) is 0 Å². The standard InChI is InChI=1S/C19H14ClF3O4/c1-9-3-4-10(2)14(5-9)26-16-8-15-11(7-13(16)20)6-12(18(24)25)17(27-15)19(21,22)23/h3-8,17H,1-2H3,(H,24,25)/p-1. The monoisotopic (exact) mass is 397 g/mol. The van der Waals surface area contributed by atoms with E-state index < -0.39 is 23.8 Å². The summed E-state index contributed by atoms with van der Waals surface area (Å²) in [5, 5.41) is 11.2. The van der Waals surface area contributed by atoms with Crippen molar-refractivity contribution in [2.24, 2.45) is 0 Å². The molecule has 4 nitrogen and oxygen atoms in total. The van der Waals surface area contributed by atoms with Gasteiger partial charge in [-0.05, 0) is 43.2 Å². The van der Waals surface area contributed by atoms with Gasteiger partial charge in [0.25, 0.3) is 0 Å². The summed E-state index contributed by atoms with van der Waals surface area (Å²) in [6.45, 7) is 3.68. The van der Waals surface area contributed by atoms with Gasteiger partial charge in [-0.1, -0.05) is 23.7 Å². The normalized spacial score (nSPS) is 16.2. The molecule has 0 radical (unpaired) electrons. The van der Waals surface area contributed by atoms with Gasteiger partial charge < -0.3 is 19.4 Å². The van der Waals surface area contributed by atoms with Crippen molar-refractivity contribution in [1.82, 2.24) is 0 Å². The van der Waals surface area contributed by atoms with Crippen LogP contribution in [0.4, 0.5) is 13.2 Å². The van der Waals surface area contributed by atoms with Crippen LogP contribution in [0.25, 0.3) is 6.08 Å². The summed E-state index contributed by atoms with van der Waals surface area (Å²) in [6.07, 6.45) is -6.71. The molecule has 1 heterocycles. The third-order valence-electron chi connectivity index (χ3n) is 4.00. The van der Waals surface area contributed by atoms with E-state index in [9.17, 15) is 23.1 Å². The van der Waals surface area contributed by atoms with Crippen molar-refractivity contribution in [3.8, 4) is 17.2 Å². The van der Waals surface area contributed by atoms with E-state index in [0.29, 0.717) is 5.75 Å². The van der Waals surface area contributed by atoms with Gasteiger partial charge in [0, 0.05) is 17.2 Å². The quantitative estimate of drug-likeness (QED) is 0.778. The summed E-state index contributed by atoms with van der Waals surface area (Å²) in [7, 11) is 0. The number of fused-ring (bicyclic) bond motifs is 1. The van der Waals surface area contributed by atoms with Crippen LogP contribution in [0.2, 0.25) is 5.02 Å². The predicted molar refractivity (Wildman–Crippen MR) is 90.9 cm³/mol. The van der Waals surface area contributed by atoms with E-state index in [1.807, 2.05) is 26.0 Å². The Morgan fingerprint density at radius 2 is 1.89 bits per heavy atom. The van der Waals surface area contributed by atoms with E-state index in [1.165, 1.54) is 12.1 Å². The lowest BCUT2D eigenvalue weighted by Crippen LogP contribution is -2.44. The lowest BCUT2D eigenvalue weighted by atomic mass is 10.0. The molecule has 8 heteroatoms. The molecule has 3 rings (SSSR count). The van der Waals surface area contributed by atoms with Crippen molar-refractivity contribution >= 4 is 23.6 Å². The fourth-order valence-corrected chi connectivity index (χ4v) is 2.83. The van der Waals surface area contributed by atoms with Crippen LogP contribution in [0.15, 0.2) is 35.9 Å². The zero-order valence-corrected chi connectivity index (χ0v) is 14.9. The van der Waals surface area contributed by atoms with Crippen LogP contribution < -0.4 is 14.6 Å². The smallest absolute Gasteiger partial charge is 0.429 e. The Balaban J connectivity index is 2.04. The fraction of sp³-hybridized carbons (Fsp3) is 0.211. The Hall–Kier alpha value is -2.67. The van der Waals surface area contributed by atoms with Crippen LogP contribution in [0.1, 0.15) is 16.7 Å². The maximum Gasteiger partial charge on any atom is 0.429 e. The third-order valence-corrected chi connectivity index (χ3v) is 4.29. The van der Waals surface area contributed by atoms with Crippen molar-refractivity contribution in [3.63, 3.8) is 0 Å². The highest BCUT2D eigenvalue weighted by atomic mass is 35.5. The van der Waals surface area contributed by atoms with Gasteiger partial charge in [0.2, 0.25) is 6.10 Å². The molecule has 1 unspecified atom stereocenters. The number of carboxylic acid groups (broad SMARTS) is 1. The zero-order chi connectivity index (χ0) is 19.9. The summed E-state index contributed by atoms with van der Waals surface area (Å²) in [5.74, 6) is -1.57. The number of carbonyl (C=O) groups is 1. The number of aryl methyl sites for hydroxylation is 2. The number of benzene rings is 2.